The van der Waals surface area contributed by atoms with Crippen LogP contribution in [0.15, 0.2) is 23.1 Å². The molecule has 6 nitrogen and oxygen atoms in total. The number of hydrogen-bond acceptors (Lipinski definition) is 5. The van der Waals surface area contributed by atoms with Crippen LogP contribution in [0.25, 0.3) is 0 Å². The number of rotatable bonds is 7. The third-order valence-electron chi connectivity index (χ3n) is 4.08. The average Bonchev–Trinajstić information content (AvgIpc) is 3.42. The molecule has 23 heavy (non-hydrogen) atoms. The Labute approximate surface area is 138 Å². The second-order valence-corrected chi connectivity index (χ2v) is 7.42. The van der Waals surface area contributed by atoms with Gasteiger partial charge in [-0.05, 0) is 30.9 Å². The van der Waals surface area contributed by atoms with E-state index in [1.54, 1.807) is 18.2 Å². The van der Waals surface area contributed by atoms with Gasteiger partial charge in [-0.2, -0.15) is 0 Å². The zero-order valence-corrected chi connectivity index (χ0v) is 13.8. The van der Waals surface area contributed by atoms with Crippen LogP contribution >= 0.6 is 0 Å². The summed E-state index contributed by atoms with van der Waals surface area (Å²) < 4.78 is 23.3. The van der Waals surface area contributed by atoms with Crippen molar-refractivity contribution < 1.29 is 18.5 Å². The second kappa shape index (κ2) is 7.31. The van der Waals surface area contributed by atoms with Crippen molar-refractivity contribution in [3.63, 3.8) is 0 Å². The molecule has 0 saturated heterocycles. The zero-order valence-electron chi connectivity index (χ0n) is 13.0. The average molecular weight is 338 g/mol. The van der Waals surface area contributed by atoms with E-state index in [0.29, 0.717) is 42.1 Å². The van der Waals surface area contributed by atoms with Gasteiger partial charge in [0.1, 0.15) is 13.2 Å². The summed E-state index contributed by atoms with van der Waals surface area (Å²) in [5.74, 6) is 2.01. The van der Waals surface area contributed by atoms with Gasteiger partial charge in [-0.1, -0.05) is 0 Å². The molecule has 0 aromatic heterocycles. The van der Waals surface area contributed by atoms with Gasteiger partial charge in [0.05, 0.1) is 10.8 Å². The minimum absolute atomic E-state index is 0.0604. The number of amides is 1. The summed E-state index contributed by atoms with van der Waals surface area (Å²) in [5, 5.41) is 2.94. The molecular formula is C16H22N2O4S. The van der Waals surface area contributed by atoms with Gasteiger partial charge in [0.15, 0.2) is 11.5 Å². The first-order valence-electron chi connectivity index (χ1n) is 7.95. The van der Waals surface area contributed by atoms with Crippen LogP contribution in [0.3, 0.4) is 0 Å². The van der Waals surface area contributed by atoms with Gasteiger partial charge in [0, 0.05) is 35.7 Å². The lowest BCUT2D eigenvalue weighted by Crippen LogP contribution is -2.42. The van der Waals surface area contributed by atoms with Crippen LogP contribution in [0.1, 0.15) is 19.3 Å². The molecule has 1 heterocycles. The summed E-state index contributed by atoms with van der Waals surface area (Å²) in [6, 6.07) is 5.31. The minimum Gasteiger partial charge on any atom is -0.486 e. The Morgan fingerprint density at radius 1 is 1.30 bits per heavy atom. The summed E-state index contributed by atoms with van der Waals surface area (Å²) in [4.78, 5) is 12.6. The fourth-order valence-electron chi connectivity index (χ4n) is 2.62. The fourth-order valence-corrected chi connectivity index (χ4v) is 3.68. The molecule has 1 aliphatic carbocycles. The largest absolute Gasteiger partial charge is 0.486 e. The van der Waals surface area contributed by atoms with E-state index in [9.17, 15) is 9.00 Å². The van der Waals surface area contributed by atoms with Gasteiger partial charge in [0.2, 0.25) is 5.91 Å². The molecule has 1 aromatic carbocycles. The number of nitrogens with two attached hydrogens (primary N) is 1. The maximum absolute atomic E-state index is 12.3. The molecule has 7 heteroatoms. The molecule has 0 spiro atoms. The summed E-state index contributed by atoms with van der Waals surface area (Å²) >= 11 is 0. The molecule has 1 aliphatic heterocycles. The predicted molar refractivity (Wildman–Crippen MR) is 87.0 cm³/mol. The number of hydrogen-bond donors (Lipinski definition) is 2. The quantitative estimate of drug-likeness (QED) is 0.768. The monoisotopic (exact) mass is 338 g/mol. The Kier molecular flexibility index (Phi) is 5.17. The van der Waals surface area contributed by atoms with E-state index in [1.807, 2.05) is 0 Å². The van der Waals surface area contributed by atoms with E-state index in [0.717, 1.165) is 12.8 Å². The smallest absolute Gasteiger partial charge is 0.221 e. The maximum Gasteiger partial charge on any atom is 0.221 e. The summed E-state index contributed by atoms with van der Waals surface area (Å²) in [6.07, 6.45) is 2.49. The van der Waals surface area contributed by atoms with E-state index in [-0.39, 0.29) is 24.1 Å². The Morgan fingerprint density at radius 2 is 2.04 bits per heavy atom. The Morgan fingerprint density at radius 3 is 2.74 bits per heavy atom. The lowest BCUT2D eigenvalue weighted by atomic mass is 10.2. The van der Waals surface area contributed by atoms with Crippen LogP contribution in [-0.4, -0.2) is 41.7 Å². The van der Waals surface area contributed by atoms with Gasteiger partial charge in [-0.25, -0.2) is 0 Å². The van der Waals surface area contributed by atoms with Gasteiger partial charge < -0.3 is 20.5 Å². The molecule has 1 aromatic rings. The number of carbonyl (C=O) groups excluding carboxylic acids is 1. The van der Waals surface area contributed by atoms with E-state index in [4.69, 9.17) is 15.2 Å². The molecule has 126 valence electrons. The molecule has 2 unspecified atom stereocenters. The predicted octanol–water partition coefficient (Wildman–Crippen LogP) is 0.809. The van der Waals surface area contributed by atoms with Gasteiger partial charge in [-0.3, -0.25) is 9.00 Å². The molecule has 2 aliphatic rings. The highest BCUT2D eigenvalue weighted by molar-refractivity contribution is 7.85. The minimum atomic E-state index is -1.24. The third-order valence-corrected chi connectivity index (χ3v) is 5.44. The van der Waals surface area contributed by atoms with Crippen LogP contribution in [0, 0.1) is 5.92 Å². The normalized spacial score (nSPS) is 19.0. The molecule has 3 N–H and O–H groups in total. The molecule has 1 amide bonds. The van der Waals surface area contributed by atoms with Crippen molar-refractivity contribution in [2.75, 3.05) is 25.5 Å². The Balaban J connectivity index is 1.51. The second-order valence-electron chi connectivity index (χ2n) is 5.85. The number of carbonyl (C=O) groups is 1. The van der Waals surface area contributed by atoms with Gasteiger partial charge in [-0.15, -0.1) is 0 Å². The van der Waals surface area contributed by atoms with Crippen LogP contribution in [-0.2, 0) is 15.6 Å². The highest BCUT2D eigenvalue weighted by Gasteiger charge is 2.31. The van der Waals surface area contributed by atoms with Crippen molar-refractivity contribution >= 4 is 16.7 Å². The van der Waals surface area contributed by atoms with Crippen molar-refractivity contribution in [1.82, 2.24) is 5.32 Å². The van der Waals surface area contributed by atoms with Gasteiger partial charge >= 0.3 is 0 Å². The number of ether oxygens (including phenoxy) is 2. The van der Waals surface area contributed by atoms with Gasteiger partial charge in [0.25, 0.3) is 0 Å². The van der Waals surface area contributed by atoms with Crippen molar-refractivity contribution in [2.45, 2.75) is 30.2 Å². The molecule has 0 radical (unpaired) electrons. The third kappa shape index (κ3) is 4.23. The van der Waals surface area contributed by atoms with Crippen LogP contribution in [0.2, 0.25) is 0 Å². The van der Waals surface area contributed by atoms with E-state index >= 15 is 0 Å². The van der Waals surface area contributed by atoms with Crippen molar-refractivity contribution in [2.24, 2.45) is 11.7 Å². The first-order chi connectivity index (χ1) is 11.2. The first kappa shape index (κ1) is 16.3. The Hall–Kier alpha value is -1.60. The Bertz CT molecular complexity index is 604. The topological polar surface area (TPSA) is 90.7 Å². The molecule has 0 bridgehead atoms. The lowest BCUT2D eigenvalue weighted by molar-refractivity contribution is -0.121. The van der Waals surface area contributed by atoms with Crippen molar-refractivity contribution in [3.05, 3.63) is 18.2 Å². The maximum atomic E-state index is 12.3. The van der Waals surface area contributed by atoms with E-state index in [1.165, 1.54) is 0 Å². The lowest BCUT2D eigenvalue weighted by Gasteiger charge is -2.18. The zero-order chi connectivity index (χ0) is 16.2. The van der Waals surface area contributed by atoms with Crippen molar-refractivity contribution in [1.29, 1.82) is 0 Å². The molecule has 1 fully saturated rings. The van der Waals surface area contributed by atoms with Crippen LogP contribution < -0.4 is 20.5 Å². The number of benzene rings is 1. The highest BCUT2D eigenvalue weighted by atomic mass is 32.2. The molecule has 3 rings (SSSR count). The highest BCUT2D eigenvalue weighted by Crippen LogP contribution is 2.33. The standard InChI is InChI=1S/C16H22N2O4S/c17-10-13(11-1-2-11)18-16(19)5-8-23(20)12-3-4-14-15(9-12)22-7-6-21-14/h3-4,9,11,13H,1-2,5-8,10,17H2,(H,18,19). The molecule has 1 saturated carbocycles. The van der Waals surface area contributed by atoms with Crippen molar-refractivity contribution in [3.8, 4) is 11.5 Å². The SMILES string of the molecule is NCC(NC(=O)CCS(=O)c1ccc2c(c1)OCCO2)C1CC1. The summed E-state index contributed by atoms with van der Waals surface area (Å²) in [7, 11) is -1.24. The van der Waals surface area contributed by atoms with E-state index < -0.39 is 10.8 Å². The fraction of sp³-hybridized carbons (Fsp3) is 0.562. The van der Waals surface area contributed by atoms with E-state index in [2.05, 4.69) is 5.32 Å². The first-order valence-corrected chi connectivity index (χ1v) is 9.26. The summed E-state index contributed by atoms with van der Waals surface area (Å²) in [6.45, 7) is 1.48. The van der Waals surface area contributed by atoms with Crippen LogP contribution in [0.5, 0.6) is 11.5 Å². The molecular weight excluding hydrogens is 316 g/mol. The number of nitrogens with one attached hydrogen (secondary N) is 1. The number of fused-ring (bicyclic) bond motifs is 1. The molecule has 2 atom stereocenters. The van der Waals surface area contributed by atoms with Crippen LogP contribution in [0.4, 0.5) is 0 Å². The summed E-state index contributed by atoms with van der Waals surface area (Å²) in [5.41, 5.74) is 5.67.